The van der Waals surface area contributed by atoms with E-state index in [1.807, 2.05) is 0 Å². The Balaban J connectivity index is 1.09. The lowest BCUT2D eigenvalue weighted by Gasteiger charge is -2.34. The molecule has 2 aliphatic carbocycles. The molecule has 0 atom stereocenters. The predicted octanol–water partition coefficient (Wildman–Crippen LogP) is 13.4. The van der Waals surface area contributed by atoms with E-state index < -0.39 is 8.07 Å². The molecule has 64 heavy (non-hydrogen) atoms. The molecule has 0 spiro atoms. The van der Waals surface area contributed by atoms with Crippen LogP contribution in [-0.2, 0) is 10.8 Å². The molecule has 0 amide bonds. The Morgan fingerprint density at radius 3 is 1.58 bits per heavy atom. The first-order valence-corrected chi connectivity index (χ1v) is 24.8. The molecule has 0 fully saturated rings. The van der Waals surface area contributed by atoms with Crippen LogP contribution in [0.2, 0.25) is 0 Å². The van der Waals surface area contributed by atoms with E-state index in [9.17, 15) is 0 Å². The molecule has 0 N–H and O–H groups in total. The third-order valence-corrected chi connectivity index (χ3v) is 20.1. The number of hydrogen-bond acceptors (Lipinski definition) is 1. The first-order valence-electron chi connectivity index (χ1n) is 22.8. The van der Waals surface area contributed by atoms with Crippen LogP contribution in [-0.4, -0.2) is 8.07 Å². The van der Waals surface area contributed by atoms with Crippen LogP contribution in [0.3, 0.4) is 0 Å². The maximum absolute atomic E-state index is 2.90. The number of nitrogens with zero attached hydrogens (tertiary/aromatic N) is 1. The summed E-state index contributed by atoms with van der Waals surface area (Å²) in [5, 5.41) is 10.8. The average molecular weight is 834 g/mol. The fourth-order valence-electron chi connectivity index (χ4n) is 12.3. The van der Waals surface area contributed by atoms with Gasteiger partial charge in [0.1, 0.15) is 0 Å². The zero-order valence-corrected chi connectivity index (χ0v) is 37.7. The van der Waals surface area contributed by atoms with E-state index in [1.54, 1.807) is 0 Å². The highest BCUT2D eigenvalue weighted by Gasteiger charge is 2.49. The molecule has 13 rings (SSSR count). The van der Waals surface area contributed by atoms with Gasteiger partial charge in [0.25, 0.3) is 0 Å². The fourth-order valence-corrected chi connectivity index (χ4v) is 17.5. The van der Waals surface area contributed by atoms with E-state index in [2.05, 4.69) is 245 Å². The Morgan fingerprint density at radius 1 is 0.328 bits per heavy atom. The molecule has 10 aromatic carbocycles. The normalized spacial score (nSPS) is 15.2. The lowest BCUT2D eigenvalue weighted by atomic mass is 9.82. The monoisotopic (exact) mass is 833 g/mol. The van der Waals surface area contributed by atoms with Crippen molar-refractivity contribution in [2.45, 2.75) is 38.5 Å². The summed E-state index contributed by atoms with van der Waals surface area (Å²) < 4.78 is 0. The minimum Gasteiger partial charge on any atom is -0.310 e. The molecule has 2 heteroatoms. The SMILES string of the molecule is CC1(C)c2ccccc2-c2ccc(N(c3cccc([Si]4(c5ccc6cc7ccccc7cc6c5)c5ccccc5-c5ccccc54)c3)c3cccc4c3-c3ccccc3C4(C)C)cc21. The highest BCUT2D eigenvalue weighted by molar-refractivity contribution is 7.22. The van der Waals surface area contributed by atoms with Crippen molar-refractivity contribution in [1.29, 1.82) is 0 Å². The van der Waals surface area contributed by atoms with Gasteiger partial charge in [-0.3, -0.25) is 0 Å². The Kier molecular flexibility index (Phi) is 7.80. The van der Waals surface area contributed by atoms with Crippen molar-refractivity contribution in [1.82, 2.24) is 0 Å². The van der Waals surface area contributed by atoms with Crippen molar-refractivity contribution in [3.63, 3.8) is 0 Å². The molecule has 1 nitrogen and oxygen atoms in total. The van der Waals surface area contributed by atoms with Crippen LogP contribution < -0.4 is 25.6 Å². The van der Waals surface area contributed by atoms with Gasteiger partial charge < -0.3 is 4.90 Å². The number of rotatable bonds is 5. The van der Waals surface area contributed by atoms with Crippen LogP contribution in [0.1, 0.15) is 49.9 Å². The molecule has 3 aliphatic rings. The molecule has 0 radical (unpaired) electrons. The number of fused-ring (bicyclic) bond motifs is 11. The Hall–Kier alpha value is -7.26. The Labute approximate surface area is 377 Å². The molecule has 0 aromatic heterocycles. The quantitative estimate of drug-likeness (QED) is 0.123. The van der Waals surface area contributed by atoms with Crippen LogP contribution >= 0.6 is 0 Å². The van der Waals surface area contributed by atoms with Gasteiger partial charge in [-0.05, 0) is 135 Å². The molecular formula is C62H47NSi. The number of anilines is 3. The minimum absolute atomic E-state index is 0.132. The molecule has 0 bridgehead atoms. The zero-order chi connectivity index (χ0) is 43.0. The minimum atomic E-state index is -2.90. The second kappa shape index (κ2) is 13.4. The van der Waals surface area contributed by atoms with Gasteiger partial charge in [-0.25, -0.2) is 0 Å². The third kappa shape index (κ3) is 5.00. The second-order valence-electron chi connectivity index (χ2n) is 19.3. The topological polar surface area (TPSA) is 3.24 Å². The zero-order valence-electron chi connectivity index (χ0n) is 36.7. The van der Waals surface area contributed by atoms with Crippen molar-refractivity contribution >= 4 is 67.4 Å². The van der Waals surface area contributed by atoms with Gasteiger partial charge in [-0.1, -0.05) is 198 Å². The van der Waals surface area contributed by atoms with Gasteiger partial charge in [-0.2, -0.15) is 0 Å². The lowest BCUT2D eigenvalue weighted by Crippen LogP contribution is -2.72. The summed E-state index contributed by atoms with van der Waals surface area (Å²) in [7, 11) is -2.90. The average Bonchev–Trinajstić information content (AvgIpc) is 3.86. The van der Waals surface area contributed by atoms with Crippen LogP contribution in [0.5, 0.6) is 0 Å². The second-order valence-corrected chi connectivity index (χ2v) is 23.0. The van der Waals surface area contributed by atoms with Gasteiger partial charge in [0.05, 0.1) is 5.69 Å². The molecule has 304 valence electrons. The summed E-state index contributed by atoms with van der Waals surface area (Å²) in [4.78, 5) is 2.58. The lowest BCUT2D eigenvalue weighted by molar-refractivity contribution is 0.660. The van der Waals surface area contributed by atoms with Crippen molar-refractivity contribution in [2.24, 2.45) is 0 Å². The molecular weight excluding hydrogens is 787 g/mol. The van der Waals surface area contributed by atoms with Crippen molar-refractivity contribution < 1.29 is 0 Å². The van der Waals surface area contributed by atoms with E-state index in [0.29, 0.717) is 0 Å². The van der Waals surface area contributed by atoms with Gasteiger partial charge in [0, 0.05) is 27.8 Å². The third-order valence-electron chi connectivity index (χ3n) is 15.3. The van der Waals surface area contributed by atoms with E-state index in [4.69, 9.17) is 0 Å². The number of benzene rings is 10. The highest BCUT2D eigenvalue weighted by atomic mass is 28.3. The van der Waals surface area contributed by atoms with Gasteiger partial charge in [0.2, 0.25) is 0 Å². The summed E-state index contributed by atoms with van der Waals surface area (Å²) >= 11 is 0. The summed E-state index contributed by atoms with van der Waals surface area (Å²) in [5.74, 6) is 0. The van der Waals surface area contributed by atoms with Crippen LogP contribution in [0.25, 0.3) is 54.9 Å². The van der Waals surface area contributed by atoms with Crippen LogP contribution in [0.15, 0.2) is 212 Å². The maximum atomic E-state index is 2.58. The van der Waals surface area contributed by atoms with E-state index in [0.717, 1.165) is 0 Å². The Morgan fingerprint density at radius 2 is 0.844 bits per heavy atom. The van der Waals surface area contributed by atoms with E-state index >= 15 is 0 Å². The standard InChI is InChI=1S/C62H47NSi/c1-61(2)54-26-12-8-24-52(54)60-55(61)27-16-28-57(60)63(45-32-34-49-48-21-7-11-25-53(48)62(3,4)56(49)39-45)44-19-15-20-46(38-44)64(58-29-13-9-22-50(58)51-23-10-14-30-59(51)64)47-33-31-42-35-40-17-5-6-18-41(40)36-43(42)37-47/h5-39H,1-4H3. The van der Waals surface area contributed by atoms with E-state index in [-0.39, 0.29) is 10.8 Å². The predicted molar refractivity (Wildman–Crippen MR) is 274 cm³/mol. The first-order chi connectivity index (χ1) is 31.2. The molecule has 0 saturated heterocycles. The van der Waals surface area contributed by atoms with Gasteiger partial charge in [0.15, 0.2) is 8.07 Å². The largest absolute Gasteiger partial charge is 0.310 e. The smallest absolute Gasteiger partial charge is 0.180 e. The highest BCUT2D eigenvalue weighted by Crippen LogP contribution is 2.55. The van der Waals surface area contributed by atoms with Crippen molar-refractivity contribution in [3.8, 4) is 33.4 Å². The summed E-state index contributed by atoms with van der Waals surface area (Å²) in [6.07, 6.45) is 0. The molecule has 1 heterocycles. The number of hydrogen-bond donors (Lipinski definition) is 0. The first kappa shape index (κ1) is 37.3. The fraction of sp³-hybridized carbons (Fsp3) is 0.0968. The Bertz CT molecular complexity index is 3550. The summed E-state index contributed by atoms with van der Waals surface area (Å²) in [6.45, 7) is 9.56. The summed E-state index contributed by atoms with van der Waals surface area (Å²) in [6, 6.07) is 81.3. The molecule has 0 saturated carbocycles. The molecule has 0 unspecified atom stereocenters. The maximum Gasteiger partial charge on any atom is 0.180 e. The van der Waals surface area contributed by atoms with Crippen LogP contribution in [0.4, 0.5) is 17.1 Å². The van der Waals surface area contributed by atoms with Crippen LogP contribution in [0, 0.1) is 0 Å². The van der Waals surface area contributed by atoms with Gasteiger partial charge >= 0.3 is 0 Å². The van der Waals surface area contributed by atoms with E-state index in [1.165, 1.54) is 115 Å². The summed E-state index contributed by atoms with van der Waals surface area (Å²) in [5.41, 5.74) is 16.8. The van der Waals surface area contributed by atoms with Gasteiger partial charge in [-0.15, -0.1) is 0 Å². The molecule has 10 aromatic rings. The van der Waals surface area contributed by atoms with Crippen molar-refractivity contribution in [2.75, 3.05) is 4.90 Å². The molecule has 1 aliphatic heterocycles. The van der Waals surface area contributed by atoms with Crippen molar-refractivity contribution in [3.05, 3.63) is 235 Å².